The molecule has 20 heavy (non-hydrogen) atoms. The molecule has 0 unspecified atom stereocenters. The molecule has 0 fully saturated rings. The molecule has 1 heterocycles. The summed E-state index contributed by atoms with van der Waals surface area (Å²) in [4.78, 5) is 10.7. The molecule has 0 saturated carbocycles. The fourth-order valence-electron chi connectivity index (χ4n) is 1.94. The van der Waals surface area contributed by atoms with Crippen molar-refractivity contribution < 1.29 is 9.53 Å². The zero-order chi connectivity index (χ0) is 14.5. The number of hydrogen-bond donors (Lipinski definition) is 2. The molecule has 1 aromatic carbocycles. The van der Waals surface area contributed by atoms with Gasteiger partial charge in [0.05, 0.1) is 17.8 Å². The van der Waals surface area contributed by atoms with E-state index in [1.54, 1.807) is 0 Å². The first kappa shape index (κ1) is 14.0. The van der Waals surface area contributed by atoms with E-state index in [9.17, 15) is 4.79 Å². The van der Waals surface area contributed by atoms with Crippen LogP contribution in [-0.2, 0) is 4.79 Å². The first-order chi connectivity index (χ1) is 9.65. The third kappa shape index (κ3) is 2.96. The van der Waals surface area contributed by atoms with Gasteiger partial charge in [-0.3, -0.25) is 4.79 Å². The Bertz CT molecular complexity index is 613. The maximum Gasteiger partial charge on any atom is 0.212 e. The van der Waals surface area contributed by atoms with Gasteiger partial charge in [0.25, 0.3) is 0 Å². The van der Waals surface area contributed by atoms with Gasteiger partial charge in [-0.05, 0) is 32.9 Å². The lowest BCUT2D eigenvalue weighted by Gasteiger charge is -2.15. The monoisotopic (exact) mass is 274 g/mol. The number of anilines is 2. The van der Waals surface area contributed by atoms with E-state index in [1.165, 1.54) is 0 Å². The van der Waals surface area contributed by atoms with Gasteiger partial charge in [-0.2, -0.15) is 0 Å². The first-order valence-corrected chi connectivity index (χ1v) is 6.55. The minimum atomic E-state index is 0.209. The lowest BCUT2D eigenvalue weighted by atomic mass is 10.1. The van der Waals surface area contributed by atoms with Gasteiger partial charge in [-0.25, -0.2) is 0 Å². The van der Waals surface area contributed by atoms with Crippen LogP contribution in [0.4, 0.5) is 11.5 Å². The van der Waals surface area contributed by atoms with E-state index in [1.807, 2.05) is 39.0 Å². The van der Waals surface area contributed by atoms with Crippen LogP contribution in [0.25, 0.3) is 10.9 Å². The molecule has 0 aliphatic carbocycles. The second-order valence-corrected chi connectivity index (χ2v) is 4.60. The van der Waals surface area contributed by atoms with Crippen LogP contribution in [0.15, 0.2) is 18.2 Å². The Labute approximate surface area is 117 Å². The molecule has 0 spiro atoms. The maximum absolute atomic E-state index is 10.7. The molecule has 1 amide bonds. The van der Waals surface area contributed by atoms with E-state index in [0.717, 1.165) is 22.3 Å². The van der Waals surface area contributed by atoms with E-state index in [-0.39, 0.29) is 6.04 Å². The Morgan fingerprint density at radius 3 is 2.80 bits per heavy atom. The molecule has 2 rings (SSSR count). The van der Waals surface area contributed by atoms with Crippen molar-refractivity contribution in [1.29, 1.82) is 0 Å². The van der Waals surface area contributed by atoms with E-state index in [4.69, 9.17) is 4.74 Å². The van der Waals surface area contributed by atoms with Gasteiger partial charge in [0, 0.05) is 17.5 Å². The highest BCUT2D eigenvalue weighted by molar-refractivity contribution is 5.98. The van der Waals surface area contributed by atoms with Gasteiger partial charge < -0.3 is 15.4 Å². The summed E-state index contributed by atoms with van der Waals surface area (Å²) in [5, 5.41) is 14.9. The highest BCUT2D eigenvalue weighted by Crippen LogP contribution is 2.30. The van der Waals surface area contributed by atoms with Gasteiger partial charge in [-0.1, -0.05) is 0 Å². The molecule has 0 saturated heterocycles. The Balaban J connectivity index is 2.55. The largest absolute Gasteiger partial charge is 0.494 e. The van der Waals surface area contributed by atoms with E-state index in [0.29, 0.717) is 18.8 Å². The second kappa shape index (κ2) is 6.18. The smallest absolute Gasteiger partial charge is 0.212 e. The number of benzene rings is 1. The summed E-state index contributed by atoms with van der Waals surface area (Å²) < 4.78 is 5.45. The number of rotatable bonds is 6. The predicted octanol–water partition coefficient (Wildman–Crippen LogP) is 2.42. The van der Waals surface area contributed by atoms with E-state index < -0.39 is 0 Å². The Morgan fingerprint density at radius 1 is 1.35 bits per heavy atom. The molecule has 6 nitrogen and oxygen atoms in total. The summed E-state index contributed by atoms with van der Waals surface area (Å²) in [6, 6.07) is 5.84. The van der Waals surface area contributed by atoms with E-state index >= 15 is 0 Å². The minimum Gasteiger partial charge on any atom is -0.494 e. The molecular formula is C14H18N4O2. The number of hydrogen-bond acceptors (Lipinski definition) is 5. The maximum atomic E-state index is 10.7. The minimum absolute atomic E-state index is 0.209. The van der Waals surface area contributed by atoms with Crippen LogP contribution in [-0.4, -0.2) is 29.3 Å². The number of aromatic nitrogens is 2. The van der Waals surface area contributed by atoms with Gasteiger partial charge in [0.1, 0.15) is 5.75 Å². The molecule has 6 heteroatoms. The van der Waals surface area contributed by atoms with Gasteiger partial charge in [0.15, 0.2) is 5.82 Å². The zero-order valence-electron chi connectivity index (χ0n) is 11.8. The van der Waals surface area contributed by atoms with Crippen LogP contribution in [0.1, 0.15) is 20.8 Å². The molecule has 0 bridgehead atoms. The highest BCUT2D eigenvalue weighted by atomic mass is 16.5. The SMILES string of the molecule is CCOc1ccc2c(NC(C)C)c(NC=O)nnc2c1. The summed E-state index contributed by atoms with van der Waals surface area (Å²) in [5.41, 5.74) is 1.48. The Kier molecular flexibility index (Phi) is 4.34. The van der Waals surface area contributed by atoms with Crippen LogP contribution in [0.2, 0.25) is 0 Å². The molecule has 0 aliphatic rings. The van der Waals surface area contributed by atoms with Crippen molar-refractivity contribution >= 4 is 28.8 Å². The molecule has 2 N–H and O–H groups in total. The lowest BCUT2D eigenvalue weighted by molar-refractivity contribution is -0.105. The molecule has 1 aromatic heterocycles. The number of nitrogens with one attached hydrogen (secondary N) is 2. The third-order valence-electron chi connectivity index (χ3n) is 2.67. The number of nitrogens with zero attached hydrogens (tertiary/aromatic N) is 2. The van der Waals surface area contributed by atoms with Crippen molar-refractivity contribution in [2.24, 2.45) is 0 Å². The summed E-state index contributed by atoms with van der Waals surface area (Å²) in [6.45, 7) is 6.57. The molecule has 0 radical (unpaired) electrons. The van der Waals surface area contributed by atoms with Crippen LogP contribution >= 0.6 is 0 Å². The topological polar surface area (TPSA) is 76.1 Å². The normalized spacial score (nSPS) is 10.6. The number of amides is 1. The summed E-state index contributed by atoms with van der Waals surface area (Å²) in [6.07, 6.45) is 0.593. The fraction of sp³-hybridized carbons (Fsp3) is 0.357. The van der Waals surface area contributed by atoms with Crippen LogP contribution < -0.4 is 15.4 Å². The van der Waals surface area contributed by atoms with Crippen molar-refractivity contribution in [1.82, 2.24) is 10.2 Å². The van der Waals surface area contributed by atoms with Crippen molar-refractivity contribution in [2.75, 3.05) is 17.2 Å². The van der Waals surface area contributed by atoms with Gasteiger partial charge >= 0.3 is 0 Å². The van der Waals surface area contributed by atoms with Gasteiger partial charge in [0.2, 0.25) is 6.41 Å². The summed E-state index contributed by atoms with van der Waals surface area (Å²) >= 11 is 0. The average Bonchev–Trinajstić information content (AvgIpc) is 2.41. The van der Waals surface area contributed by atoms with Crippen LogP contribution in [0.5, 0.6) is 5.75 Å². The fourth-order valence-corrected chi connectivity index (χ4v) is 1.94. The predicted molar refractivity (Wildman–Crippen MR) is 79.2 cm³/mol. The molecule has 0 aliphatic heterocycles. The third-order valence-corrected chi connectivity index (χ3v) is 2.67. The molecule has 0 atom stereocenters. The molecular weight excluding hydrogens is 256 g/mol. The standard InChI is InChI=1S/C14H18N4O2/c1-4-20-10-5-6-11-12(7-10)17-18-14(15-8-19)13(11)16-9(2)3/h5-9H,4H2,1-3H3,(H,16,17)(H,15,18,19). The highest BCUT2D eigenvalue weighted by Gasteiger charge is 2.12. The van der Waals surface area contributed by atoms with Crippen molar-refractivity contribution in [3.63, 3.8) is 0 Å². The van der Waals surface area contributed by atoms with Crippen LogP contribution in [0.3, 0.4) is 0 Å². The number of carbonyl (C=O) groups is 1. The number of fused-ring (bicyclic) bond motifs is 1. The first-order valence-electron chi connectivity index (χ1n) is 6.55. The van der Waals surface area contributed by atoms with Crippen molar-refractivity contribution in [2.45, 2.75) is 26.8 Å². The number of ether oxygens (including phenoxy) is 1. The van der Waals surface area contributed by atoms with Crippen molar-refractivity contribution in [3.05, 3.63) is 18.2 Å². The average molecular weight is 274 g/mol. The lowest BCUT2D eigenvalue weighted by Crippen LogP contribution is -2.13. The second-order valence-electron chi connectivity index (χ2n) is 4.60. The number of carbonyl (C=O) groups excluding carboxylic acids is 1. The molecule has 106 valence electrons. The Hall–Kier alpha value is -2.37. The van der Waals surface area contributed by atoms with Gasteiger partial charge in [-0.15, -0.1) is 10.2 Å². The summed E-state index contributed by atoms with van der Waals surface area (Å²) in [5.74, 6) is 1.17. The zero-order valence-corrected chi connectivity index (χ0v) is 11.8. The Morgan fingerprint density at radius 2 is 2.15 bits per heavy atom. The van der Waals surface area contributed by atoms with Crippen molar-refractivity contribution in [3.8, 4) is 5.75 Å². The van der Waals surface area contributed by atoms with Crippen LogP contribution in [0, 0.1) is 0 Å². The summed E-state index contributed by atoms with van der Waals surface area (Å²) in [7, 11) is 0. The molecule has 2 aromatic rings. The quantitative estimate of drug-likeness (QED) is 0.791. The van der Waals surface area contributed by atoms with E-state index in [2.05, 4.69) is 20.8 Å².